The summed E-state index contributed by atoms with van der Waals surface area (Å²) in [6.07, 6.45) is 4.49. The van der Waals surface area contributed by atoms with Crippen LogP contribution in [0.15, 0.2) is 73.1 Å². The first-order chi connectivity index (χ1) is 11.9. The number of hydrogen-bond acceptors (Lipinski definition) is 3. The lowest BCUT2D eigenvalue weighted by molar-refractivity contribution is 0.687. The lowest BCUT2D eigenvalue weighted by Crippen LogP contribution is -1.99. The van der Waals surface area contributed by atoms with Gasteiger partial charge in [-0.15, -0.1) is 0 Å². The van der Waals surface area contributed by atoms with Gasteiger partial charge in [0, 0.05) is 24.4 Å². The van der Waals surface area contributed by atoms with Crippen molar-refractivity contribution < 1.29 is 0 Å². The molecule has 2 aromatic heterocycles. The van der Waals surface area contributed by atoms with Crippen LogP contribution in [0.25, 0.3) is 11.4 Å². The highest BCUT2D eigenvalue weighted by Gasteiger charge is 2.07. The Balaban J connectivity index is 1.54. The summed E-state index contributed by atoms with van der Waals surface area (Å²) in [5, 5.41) is 11.6. The lowest BCUT2D eigenvalue weighted by atomic mass is 10.1. The number of benzene rings is 2. The molecule has 0 radical (unpaired) electrons. The van der Waals surface area contributed by atoms with Gasteiger partial charge in [-0.25, -0.2) is 4.98 Å². The fourth-order valence-electron chi connectivity index (χ4n) is 2.68. The third-order valence-corrected chi connectivity index (χ3v) is 3.84. The molecular weight excluding hydrogens is 298 g/mol. The Labute approximate surface area is 140 Å². The van der Waals surface area contributed by atoms with E-state index in [2.05, 4.69) is 44.5 Å². The summed E-state index contributed by atoms with van der Waals surface area (Å²) < 4.78 is 1.90. The Kier molecular flexibility index (Phi) is 3.90. The third kappa shape index (κ3) is 3.25. The van der Waals surface area contributed by atoms with Crippen LogP contribution in [0, 0.1) is 0 Å². The summed E-state index contributed by atoms with van der Waals surface area (Å²) in [5.41, 5.74) is 3.40. The van der Waals surface area contributed by atoms with Crippen molar-refractivity contribution in [2.75, 3.05) is 0 Å². The predicted octanol–water partition coefficient (Wildman–Crippen LogP) is 3.31. The average molecular weight is 315 g/mol. The maximum Gasteiger partial charge on any atom is 0.181 e. The Hall–Kier alpha value is -3.21. The highest BCUT2D eigenvalue weighted by molar-refractivity contribution is 5.55. The number of aromatic nitrogens is 5. The Morgan fingerprint density at radius 2 is 1.79 bits per heavy atom. The molecule has 0 amide bonds. The van der Waals surface area contributed by atoms with E-state index in [-0.39, 0.29) is 0 Å². The quantitative estimate of drug-likeness (QED) is 0.614. The largest absolute Gasteiger partial charge is 0.268 e. The van der Waals surface area contributed by atoms with Crippen LogP contribution in [0.2, 0.25) is 0 Å². The SMILES string of the molecule is c1ccc(Cc2nc(-c3cccc(Cn4cccn4)c3)n[nH]2)cc1. The van der Waals surface area contributed by atoms with Gasteiger partial charge < -0.3 is 0 Å². The minimum atomic E-state index is 0.725. The molecule has 5 nitrogen and oxygen atoms in total. The molecule has 0 spiro atoms. The fraction of sp³-hybridized carbons (Fsp3) is 0.105. The molecule has 24 heavy (non-hydrogen) atoms. The maximum atomic E-state index is 4.62. The molecule has 1 N–H and O–H groups in total. The van der Waals surface area contributed by atoms with Gasteiger partial charge in [0.15, 0.2) is 5.82 Å². The summed E-state index contributed by atoms with van der Waals surface area (Å²) in [7, 11) is 0. The van der Waals surface area contributed by atoms with E-state index in [1.165, 1.54) is 11.1 Å². The van der Waals surface area contributed by atoms with E-state index in [4.69, 9.17) is 0 Å². The first-order valence-electron chi connectivity index (χ1n) is 7.89. The second-order valence-electron chi connectivity index (χ2n) is 5.67. The molecule has 4 aromatic rings. The fourth-order valence-corrected chi connectivity index (χ4v) is 2.68. The predicted molar refractivity (Wildman–Crippen MR) is 92.4 cm³/mol. The third-order valence-electron chi connectivity index (χ3n) is 3.84. The molecule has 118 valence electrons. The molecule has 0 bridgehead atoms. The van der Waals surface area contributed by atoms with Crippen molar-refractivity contribution in [3.8, 4) is 11.4 Å². The Bertz CT molecular complexity index is 910. The van der Waals surface area contributed by atoms with Gasteiger partial charge in [-0.05, 0) is 23.3 Å². The van der Waals surface area contributed by atoms with Gasteiger partial charge >= 0.3 is 0 Å². The number of nitrogens with zero attached hydrogens (tertiary/aromatic N) is 4. The molecule has 0 aliphatic rings. The van der Waals surface area contributed by atoms with Crippen LogP contribution in [0.4, 0.5) is 0 Å². The summed E-state index contributed by atoms with van der Waals surface area (Å²) in [4.78, 5) is 4.62. The van der Waals surface area contributed by atoms with Crippen molar-refractivity contribution in [1.29, 1.82) is 0 Å². The van der Waals surface area contributed by atoms with Gasteiger partial charge in [-0.1, -0.05) is 48.5 Å². The molecule has 4 rings (SSSR count). The van der Waals surface area contributed by atoms with Gasteiger partial charge in [0.1, 0.15) is 5.82 Å². The zero-order valence-electron chi connectivity index (χ0n) is 13.1. The average Bonchev–Trinajstić information content (AvgIpc) is 3.28. The van der Waals surface area contributed by atoms with Crippen LogP contribution >= 0.6 is 0 Å². The van der Waals surface area contributed by atoms with E-state index in [0.29, 0.717) is 0 Å². The highest BCUT2D eigenvalue weighted by atomic mass is 15.3. The van der Waals surface area contributed by atoms with Crippen LogP contribution in [0.3, 0.4) is 0 Å². The monoisotopic (exact) mass is 315 g/mol. The maximum absolute atomic E-state index is 4.62. The van der Waals surface area contributed by atoms with E-state index in [1.54, 1.807) is 6.20 Å². The lowest BCUT2D eigenvalue weighted by Gasteiger charge is -2.03. The van der Waals surface area contributed by atoms with Crippen LogP contribution in [0.5, 0.6) is 0 Å². The second-order valence-corrected chi connectivity index (χ2v) is 5.67. The zero-order valence-corrected chi connectivity index (χ0v) is 13.1. The van der Waals surface area contributed by atoms with Crippen LogP contribution in [0.1, 0.15) is 17.0 Å². The normalized spacial score (nSPS) is 10.8. The van der Waals surface area contributed by atoms with Crippen LogP contribution < -0.4 is 0 Å². The van der Waals surface area contributed by atoms with E-state index >= 15 is 0 Å². The molecular formula is C19H17N5. The summed E-state index contributed by atoms with van der Waals surface area (Å²) in [6, 6.07) is 20.4. The minimum Gasteiger partial charge on any atom is -0.268 e. The second kappa shape index (κ2) is 6.50. The number of H-pyrrole nitrogens is 1. The van der Waals surface area contributed by atoms with Gasteiger partial charge in [0.2, 0.25) is 0 Å². The van der Waals surface area contributed by atoms with Gasteiger partial charge in [-0.3, -0.25) is 9.78 Å². The van der Waals surface area contributed by atoms with Gasteiger partial charge in [0.25, 0.3) is 0 Å². The molecule has 0 atom stereocenters. The first-order valence-corrected chi connectivity index (χ1v) is 7.89. The summed E-state index contributed by atoms with van der Waals surface area (Å²) >= 11 is 0. The summed E-state index contributed by atoms with van der Waals surface area (Å²) in [6.45, 7) is 0.738. The Morgan fingerprint density at radius 1 is 0.917 bits per heavy atom. The molecule has 5 heteroatoms. The standard InChI is InChI=1S/C19H17N5/c1-2-6-15(7-3-1)13-18-21-19(23-22-18)17-9-4-8-16(12-17)14-24-11-5-10-20-24/h1-12H,13-14H2,(H,21,22,23). The van der Waals surface area contributed by atoms with Crippen molar-refractivity contribution in [2.24, 2.45) is 0 Å². The molecule has 2 heterocycles. The van der Waals surface area contributed by atoms with Crippen molar-refractivity contribution in [2.45, 2.75) is 13.0 Å². The topological polar surface area (TPSA) is 59.4 Å². The van der Waals surface area contributed by atoms with Gasteiger partial charge in [0.05, 0.1) is 6.54 Å². The zero-order chi connectivity index (χ0) is 16.2. The van der Waals surface area contributed by atoms with E-state index in [0.717, 1.165) is 30.2 Å². The number of nitrogens with one attached hydrogen (secondary N) is 1. The minimum absolute atomic E-state index is 0.725. The van der Waals surface area contributed by atoms with Crippen molar-refractivity contribution >= 4 is 0 Å². The molecule has 0 unspecified atom stereocenters. The van der Waals surface area contributed by atoms with Crippen LogP contribution in [-0.4, -0.2) is 25.0 Å². The molecule has 2 aromatic carbocycles. The molecule has 0 saturated heterocycles. The van der Waals surface area contributed by atoms with Crippen molar-refractivity contribution in [3.63, 3.8) is 0 Å². The number of hydrogen-bond donors (Lipinski definition) is 1. The first kappa shape index (κ1) is 14.4. The molecule has 0 aliphatic heterocycles. The van der Waals surface area contributed by atoms with E-state index < -0.39 is 0 Å². The highest BCUT2D eigenvalue weighted by Crippen LogP contribution is 2.18. The molecule has 0 aliphatic carbocycles. The van der Waals surface area contributed by atoms with E-state index in [9.17, 15) is 0 Å². The van der Waals surface area contributed by atoms with E-state index in [1.807, 2.05) is 47.3 Å². The smallest absolute Gasteiger partial charge is 0.181 e. The Morgan fingerprint density at radius 3 is 2.62 bits per heavy atom. The van der Waals surface area contributed by atoms with Crippen LogP contribution in [-0.2, 0) is 13.0 Å². The molecule has 0 fully saturated rings. The number of aromatic amines is 1. The van der Waals surface area contributed by atoms with Crippen molar-refractivity contribution in [3.05, 3.63) is 90.0 Å². The molecule has 0 saturated carbocycles. The van der Waals surface area contributed by atoms with Crippen molar-refractivity contribution in [1.82, 2.24) is 25.0 Å². The summed E-state index contributed by atoms with van der Waals surface area (Å²) in [5.74, 6) is 1.59. The number of rotatable bonds is 5. The van der Waals surface area contributed by atoms with Gasteiger partial charge in [-0.2, -0.15) is 10.2 Å².